The number of aryl methyl sites for hydroxylation is 1. The summed E-state index contributed by atoms with van der Waals surface area (Å²) in [4.78, 5) is 7.20. The number of para-hydroxylation sites is 1. The van der Waals surface area contributed by atoms with Crippen LogP contribution < -0.4 is 10.2 Å². The zero-order valence-electron chi connectivity index (χ0n) is 11.3. The minimum absolute atomic E-state index is 0.826. The van der Waals surface area contributed by atoms with Gasteiger partial charge in [0.15, 0.2) is 0 Å². The maximum absolute atomic E-state index is 4.64. The van der Waals surface area contributed by atoms with Crippen molar-refractivity contribution in [3.63, 3.8) is 0 Å². The van der Waals surface area contributed by atoms with Crippen molar-refractivity contribution in [2.24, 2.45) is 11.8 Å². The molecule has 3 heteroatoms. The number of fused-ring (bicyclic) bond motifs is 2. The number of aromatic nitrogens is 1. The maximum Gasteiger partial charge on any atom is 0.0726 e. The van der Waals surface area contributed by atoms with Crippen LogP contribution in [0.2, 0.25) is 0 Å². The summed E-state index contributed by atoms with van der Waals surface area (Å²) < 4.78 is 0. The molecule has 2 aliphatic rings. The number of hydrogen-bond acceptors (Lipinski definition) is 3. The Balaban J connectivity index is 1.78. The van der Waals surface area contributed by atoms with E-state index in [2.05, 4.69) is 52.5 Å². The Bertz CT molecular complexity index is 610. The highest BCUT2D eigenvalue weighted by molar-refractivity contribution is 5.92. The van der Waals surface area contributed by atoms with Gasteiger partial charge in [-0.1, -0.05) is 18.2 Å². The van der Waals surface area contributed by atoms with E-state index < -0.39 is 0 Å². The summed E-state index contributed by atoms with van der Waals surface area (Å²) in [5.74, 6) is 1.65. The Labute approximate surface area is 113 Å². The van der Waals surface area contributed by atoms with E-state index in [0.29, 0.717) is 0 Å². The van der Waals surface area contributed by atoms with Crippen molar-refractivity contribution in [1.29, 1.82) is 0 Å². The topological polar surface area (TPSA) is 28.2 Å². The summed E-state index contributed by atoms with van der Waals surface area (Å²) in [5.41, 5.74) is 3.61. The Kier molecular flexibility index (Phi) is 2.49. The largest absolute Gasteiger partial charge is 0.370 e. The minimum Gasteiger partial charge on any atom is -0.370 e. The molecule has 1 aromatic carbocycles. The fourth-order valence-corrected chi connectivity index (χ4v) is 3.60. The predicted molar refractivity (Wildman–Crippen MR) is 78.5 cm³/mol. The first kappa shape index (κ1) is 11.2. The summed E-state index contributed by atoms with van der Waals surface area (Å²) in [5, 5.41) is 4.80. The molecule has 1 aromatic heterocycles. The second-order valence-corrected chi connectivity index (χ2v) is 5.88. The molecule has 4 rings (SSSR count). The van der Waals surface area contributed by atoms with E-state index in [1.54, 1.807) is 0 Å². The fraction of sp³-hybridized carbons (Fsp3) is 0.438. The van der Waals surface area contributed by atoms with Crippen LogP contribution in [0.5, 0.6) is 0 Å². The highest BCUT2D eigenvalue weighted by atomic mass is 15.2. The molecule has 2 aromatic rings. The molecule has 2 atom stereocenters. The minimum atomic E-state index is 0.826. The molecule has 0 spiro atoms. The first-order valence-corrected chi connectivity index (χ1v) is 7.13. The van der Waals surface area contributed by atoms with Crippen molar-refractivity contribution < 1.29 is 0 Å². The van der Waals surface area contributed by atoms with Gasteiger partial charge < -0.3 is 10.2 Å². The highest BCUT2D eigenvalue weighted by Gasteiger charge is 2.36. The molecule has 0 unspecified atom stereocenters. The standard InChI is InChI=1S/C16H19N3/c1-11-6-16(14-4-2-3-5-15(14)18-11)19-9-12-7-17-8-13(12)10-19/h2-6,12-13,17H,7-10H2,1H3/t12-,13+. The first-order valence-electron chi connectivity index (χ1n) is 7.13. The predicted octanol–water partition coefficient (Wildman–Crippen LogP) is 2.20. The quantitative estimate of drug-likeness (QED) is 0.844. The number of hydrogen-bond donors (Lipinski definition) is 1. The second kappa shape index (κ2) is 4.20. The molecular weight excluding hydrogens is 234 g/mol. The molecule has 0 aliphatic carbocycles. The zero-order valence-corrected chi connectivity index (χ0v) is 11.3. The summed E-state index contributed by atoms with van der Waals surface area (Å²) in [6.07, 6.45) is 0. The molecule has 2 saturated heterocycles. The second-order valence-electron chi connectivity index (χ2n) is 5.88. The van der Waals surface area contributed by atoms with Gasteiger partial charge in [0.05, 0.1) is 5.52 Å². The number of anilines is 1. The van der Waals surface area contributed by atoms with Crippen LogP contribution >= 0.6 is 0 Å². The van der Waals surface area contributed by atoms with Crippen LogP contribution in [0.3, 0.4) is 0 Å². The Morgan fingerprint density at radius 2 is 1.89 bits per heavy atom. The van der Waals surface area contributed by atoms with Gasteiger partial charge in [-0.15, -0.1) is 0 Å². The van der Waals surface area contributed by atoms with Crippen molar-refractivity contribution >= 4 is 16.6 Å². The first-order chi connectivity index (χ1) is 9.31. The molecule has 19 heavy (non-hydrogen) atoms. The van der Waals surface area contributed by atoms with E-state index in [0.717, 1.165) is 23.0 Å². The van der Waals surface area contributed by atoms with E-state index in [9.17, 15) is 0 Å². The SMILES string of the molecule is Cc1cc(N2C[C@H]3CNC[C@H]3C2)c2ccccc2n1. The van der Waals surface area contributed by atoms with Gasteiger partial charge >= 0.3 is 0 Å². The number of pyridine rings is 1. The van der Waals surface area contributed by atoms with Gasteiger partial charge in [-0.05, 0) is 30.9 Å². The van der Waals surface area contributed by atoms with Crippen molar-refractivity contribution in [3.8, 4) is 0 Å². The molecule has 0 radical (unpaired) electrons. The monoisotopic (exact) mass is 253 g/mol. The lowest BCUT2D eigenvalue weighted by molar-refractivity contribution is 0.533. The molecular formula is C16H19N3. The maximum atomic E-state index is 4.64. The molecule has 0 bridgehead atoms. The van der Waals surface area contributed by atoms with Crippen LogP contribution in [0.25, 0.3) is 10.9 Å². The van der Waals surface area contributed by atoms with Crippen LogP contribution in [0.4, 0.5) is 5.69 Å². The average Bonchev–Trinajstić information content (AvgIpc) is 2.98. The van der Waals surface area contributed by atoms with Crippen LogP contribution in [-0.2, 0) is 0 Å². The van der Waals surface area contributed by atoms with Crippen molar-refractivity contribution in [1.82, 2.24) is 10.3 Å². The van der Waals surface area contributed by atoms with Gasteiger partial charge in [-0.25, -0.2) is 0 Å². The molecule has 98 valence electrons. The summed E-state index contributed by atoms with van der Waals surface area (Å²) in [6.45, 7) is 6.83. The van der Waals surface area contributed by atoms with E-state index in [4.69, 9.17) is 0 Å². The summed E-state index contributed by atoms with van der Waals surface area (Å²) >= 11 is 0. The highest BCUT2D eigenvalue weighted by Crippen LogP contribution is 2.34. The zero-order chi connectivity index (χ0) is 12.8. The van der Waals surface area contributed by atoms with Crippen LogP contribution in [-0.4, -0.2) is 31.2 Å². The van der Waals surface area contributed by atoms with Gasteiger partial charge in [0.25, 0.3) is 0 Å². The molecule has 0 saturated carbocycles. The summed E-state index contributed by atoms with van der Waals surface area (Å²) in [6, 6.07) is 10.7. The third-order valence-corrected chi connectivity index (χ3v) is 4.55. The van der Waals surface area contributed by atoms with Gasteiger partial charge in [0.2, 0.25) is 0 Å². The van der Waals surface area contributed by atoms with Gasteiger partial charge in [-0.2, -0.15) is 0 Å². The molecule has 1 N–H and O–H groups in total. The van der Waals surface area contributed by atoms with Gasteiger partial charge in [0, 0.05) is 42.9 Å². The third kappa shape index (κ3) is 1.80. The summed E-state index contributed by atoms with van der Waals surface area (Å²) in [7, 11) is 0. The molecule has 0 amide bonds. The normalized spacial score (nSPS) is 26.1. The lowest BCUT2D eigenvalue weighted by Crippen LogP contribution is -2.25. The molecule has 3 nitrogen and oxygen atoms in total. The molecule has 3 heterocycles. The Morgan fingerprint density at radius 3 is 2.68 bits per heavy atom. The molecule has 2 aliphatic heterocycles. The van der Waals surface area contributed by atoms with Crippen LogP contribution in [0, 0.1) is 18.8 Å². The van der Waals surface area contributed by atoms with E-state index in [1.165, 1.54) is 37.3 Å². The number of rotatable bonds is 1. The lowest BCUT2D eigenvalue weighted by atomic mass is 10.0. The number of benzene rings is 1. The van der Waals surface area contributed by atoms with Crippen molar-refractivity contribution in [2.45, 2.75) is 6.92 Å². The van der Waals surface area contributed by atoms with E-state index in [1.807, 2.05) is 0 Å². The number of nitrogens with zero attached hydrogens (tertiary/aromatic N) is 2. The average molecular weight is 253 g/mol. The Morgan fingerprint density at radius 1 is 1.16 bits per heavy atom. The smallest absolute Gasteiger partial charge is 0.0726 e. The van der Waals surface area contributed by atoms with Crippen molar-refractivity contribution in [2.75, 3.05) is 31.1 Å². The number of nitrogens with one attached hydrogen (secondary N) is 1. The molecule has 2 fully saturated rings. The van der Waals surface area contributed by atoms with Gasteiger partial charge in [-0.3, -0.25) is 4.98 Å². The van der Waals surface area contributed by atoms with Crippen molar-refractivity contribution in [3.05, 3.63) is 36.0 Å². The van der Waals surface area contributed by atoms with E-state index >= 15 is 0 Å². The van der Waals surface area contributed by atoms with E-state index in [-0.39, 0.29) is 0 Å². The lowest BCUT2D eigenvalue weighted by Gasteiger charge is -2.22. The van der Waals surface area contributed by atoms with Gasteiger partial charge in [0.1, 0.15) is 0 Å². The van der Waals surface area contributed by atoms with Crippen LogP contribution in [0.1, 0.15) is 5.69 Å². The van der Waals surface area contributed by atoms with Crippen LogP contribution in [0.15, 0.2) is 30.3 Å². The fourth-order valence-electron chi connectivity index (χ4n) is 3.60. The third-order valence-electron chi connectivity index (χ3n) is 4.55. The Hall–Kier alpha value is -1.61.